The van der Waals surface area contributed by atoms with Crippen LogP contribution in [0.1, 0.15) is 22.7 Å². The zero-order valence-electron chi connectivity index (χ0n) is 10.2. The predicted octanol–water partition coefficient (Wildman–Crippen LogP) is 4.65. The number of hydrogen-bond donors (Lipinski definition) is 1. The van der Waals surface area contributed by atoms with Crippen LogP contribution in [-0.2, 0) is 6.42 Å². The molecule has 0 saturated carbocycles. The fourth-order valence-corrected chi connectivity index (χ4v) is 2.39. The van der Waals surface area contributed by atoms with Gasteiger partial charge in [-0.25, -0.2) is 0 Å². The maximum absolute atomic E-state index is 6.22. The molecule has 1 atom stereocenters. The van der Waals surface area contributed by atoms with Crippen LogP contribution in [0.3, 0.4) is 0 Å². The SMILES string of the molecule is Cc1cccc(CC(N)c2ccc(Br)c(Cl)c2)c1. The summed E-state index contributed by atoms with van der Waals surface area (Å²) >= 11 is 9.47. The van der Waals surface area contributed by atoms with E-state index >= 15 is 0 Å². The van der Waals surface area contributed by atoms with Gasteiger partial charge in [-0.15, -0.1) is 0 Å². The van der Waals surface area contributed by atoms with E-state index in [4.69, 9.17) is 17.3 Å². The minimum atomic E-state index is -0.0302. The molecule has 18 heavy (non-hydrogen) atoms. The summed E-state index contributed by atoms with van der Waals surface area (Å²) in [5, 5.41) is 0.701. The Morgan fingerprint density at radius 2 is 2.00 bits per heavy atom. The molecule has 94 valence electrons. The molecule has 3 heteroatoms. The Kier molecular flexibility index (Phi) is 4.44. The van der Waals surface area contributed by atoms with E-state index in [-0.39, 0.29) is 6.04 Å². The van der Waals surface area contributed by atoms with E-state index in [2.05, 4.69) is 47.1 Å². The molecule has 1 nitrogen and oxygen atoms in total. The second kappa shape index (κ2) is 5.87. The lowest BCUT2D eigenvalue weighted by molar-refractivity contribution is 0.721. The van der Waals surface area contributed by atoms with E-state index in [1.165, 1.54) is 11.1 Å². The van der Waals surface area contributed by atoms with Crippen LogP contribution in [0.2, 0.25) is 5.02 Å². The van der Waals surface area contributed by atoms with Crippen LogP contribution in [0.25, 0.3) is 0 Å². The van der Waals surface area contributed by atoms with Gasteiger partial charge in [0.2, 0.25) is 0 Å². The molecule has 0 spiro atoms. The van der Waals surface area contributed by atoms with E-state index in [1.807, 2.05) is 18.2 Å². The number of benzene rings is 2. The third-order valence-corrected chi connectivity index (χ3v) is 4.14. The van der Waals surface area contributed by atoms with E-state index < -0.39 is 0 Å². The molecule has 2 N–H and O–H groups in total. The Balaban J connectivity index is 2.16. The second-order valence-corrected chi connectivity index (χ2v) is 5.73. The average Bonchev–Trinajstić information content (AvgIpc) is 2.32. The van der Waals surface area contributed by atoms with Gasteiger partial charge in [0.05, 0.1) is 5.02 Å². The third kappa shape index (κ3) is 3.35. The summed E-state index contributed by atoms with van der Waals surface area (Å²) in [6.45, 7) is 2.09. The molecular weight excluding hydrogens is 310 g/mol. The Morgan fingerprint density at radius 3 is 2.67 bits per heavy atom. The lowest BCUT2D eigenvalue weighted by Gasteiger charge is -2.13. The van der Waals surface area contributed by atoms with Crippen molar-refractivity contribution in [1.82, 2.24) is 0 Å². The molecule has 0 bridgehead atoms. The van der Waals surface area contributed by atoms with Gasteiger partial charge in [-0.2, -0.15) is 0 Å². The number of nitrogens with two attached hydrogens (primary N) is 1. The van der Waals surface area contributed by atoms with Crippen molar-refractivity contribution < 1.29 is 0 Å². The summed E-state index contributed by atoms with van der Waals surface area (Å²) < 4.78 is 0.899. The van der Waals surface area contributed by atoms with Crippen molar-refractivity contribution in [3.05, 3.63) is 68.7 Å². The van der Waals surface area contributed by atoms with Crippen molar-refractivity contribution in [3.63, 3.8) is 0 Å². The Bertz CT molecular complexity index is 554. The fraction of sp³-hybridized carbons (Fsp3) is 0.200. The van der Waals surface area contributed by atoms with Crippen LogP contribution in [0.15, 0.2) is 46.9 Å². The maximum atomic E-state index is 6.22. The first-order valence-corrected chi connectivity index (χ1v) is 6.99. The number of hydrogen-bond acceptors (Lipinski definition) is 1. The number of aryl methyl sites for hydroxylation is 1. The smallest absolute Gasteiger partial charge is 0.0551 e. The third-order valence-electron chi connectivity index (χ3n) is 2.91. The highest BCUT2D eigenvalue weighted by Gasteiger charge is 2.09. The highest BCUT2D eigenvalue weighted by Crippen LogP contribution is 2.26. The Labute approximate surface area is 121 Å². The minimum Gasteiger partial charge on any atom is -0.324 e. The largest absolute Gasteiger partial charge is 0.324 e. The minimum absolute atomic E-state index is 0.0302. The Hall–Kier alpha value is -0.830. The van der Waals surface area contributed by atoms with Gasteiger partial charge in [-0.3, -0.25) is 0 Å². The summed E-state index contributed by atoms with van der Waals surface area (Å²) in [6, 6.07) is 14.3. The first-order chi connectivity index (χ1) is 8.56. The van der Waals surface area contributed by atoms with Gasteiger partial charge in [-0.05, 0) is 52.5 Å². The summed E-state index contributed by atoms with van der Waals surface area (Å²) in [4.78, 5) is 0. The van der Waals surface area contributed by atoms with E-state index in [1.54, 1.807) is 0 Å². The molecule has 0 fully saturated rings. The molecule has 0 aliphatic heterocycles. The highest BCUT2D eigenvalue weighted by molar-refractivity contribution is 9.10. The molecule has 1 unspecified atom stereocenters. The second-order valence-electron chi connectivity index (χ2n) is 4.47. The van der Waals surface area contributed by atoms with Gasteiger partial charge < -0.3 is 5.73 Å². The molecule has 0 heterocycles. The van der Waals surface area contributed by atoms with Crippen LogP contribution < -0.4 is 5.73 Å². The highest BCUT2D eigenvalue weighted by atomic mass is 79.9. The molecular formula is C15H15BrClN. The van der Waals surface area contributed by atoms with E-state index in [0.717, 1.165) is 16.5 Å². The molecule has 0 aliphatic carbocycles. The summed E-state index contributed by atoms with van der Waals surface area (Å²) in [5.41, 5.74) is 9.79. The summed E-state index contributed by atoms with van der Waals surface area (Å²) in [7, 11) is 0. The maximum Gasteiger partial charge on any atom is 0.0551 e. The first-order valence-electron chi connectivity index (χ1n) is 5.82. The van der Waals surface area contributed by atoms with E-state index in [9.17, 15) is 0 Å². The average molecular weight is 325 g/mol. The van der Waals surface area contributed by atoms with Crippen molar-refractivity contribution in [3.8, 4) is 0 Å². The molecule has 0 aromatic heterocycles. The zero-order valence-corrected chi connectivity index (χ0v) is 12.5. The van der Waals surface area contributed by atoms with Crippen LogP contribution >= 0.6 is 27.5 Å². The first kappa shape index (κ1) is 13.6. The standard InChI is InChI=1S/C15H15BrClN/c1-10-3-2-4-11(7-10)8-15(18)12-5-6-13(16)14(17)9-12/h2-7,9,15H,8,18H2,1H3. The van der Waals surface area contributed by atoms with Gasteiger partial charge in [0, 0.05) is 10.5 Å². The number of rotatable bonds is 3. The monoisotopic (exact) mass is 323 g/mol. The molecule has 2 aromatic rings. The van der Waals surface area contributed by atoms with Crippen molar-refractivity contribution >= 4 is 27.5 Å². The normalized spacial score (nSPS) is 12.4. The molecule has 2 rings (SSSR count). The lowest BCUT2D eigenvalue weighted by Crippen LogP contribution is -2.13. The van der Waals surface area contributed by atoms with Crippen molar-refractivity contribution in [2.45, 2.75) is 19.4 Å². The van der Waals surface area contributed by atoms with Gasteiger partial charge in [0.15, 0.2) is 0 Å². The van der Waals surface area contributed by atoms with Crippen molar-refractivity contribution in [2.75, 3.05) is 0 Å². The van der Waals surface area contributed by atoms with Crippen LogP contribution in [0.5, 0.6) is 0 Å². The topological polar surface area (TPSA) is 26.0 Å². The lowest BCUT2D eigenvalue weighted by atomic mass is 9.99. The molecule has 2 aromatic carbocycles. The van der Waals surface area contributed by atoms with Gasteiger partial charge in [0.1, 0.15) is 0 Å². The summed E-state index contributed by atoms with van der Waals surface area (Å²) in [6.07, 6.45) is 0.819. The van der Waals surface area contributed by atoms with Gasteiger partial charge >= 0.3 is 0 Å². The quantitative estimate of drug-likeness (QED) is 0.873. The van der Waals surface area contributed by atoms with Crippen LogP contribution in [0, 0.1) is 6.92 Å². The van der Waals surface area contributed by atoms with Gasteiger partial charge in [0.25, 0.3) is 0 Å². The predicted molar refractivity (Wildman–Crippen MR) is 81.0 cm³/mol. The van der Waals surface area contributed by atoms with Crippen LogP contribution in [-0.4, -0.2) is 0 Å². The van der Waals surface area contributed by atoms with Crippen molar-refractivity contribution in [2.24, 2.45) is 5.73 Å². The zero-order chi connectivity index (χ0) is 13.1. The number of halogens is 2. The van der Waals surface area contributed by atoms with E-state index in [0.29, 0.717) is 5.02 Å². The Morgan fingerprint density at radius 1 is 1.22 bits per heavy atom. The summed E-state index contributed by atoms with van der Waals surface area (Å²) in [5.74, 6) is 0. The molecule has 0 aliphatic rings. The molecule has 0 amide bonds. The van der Waals surface area contributed by atoms with Crippen molar-refractivity contribution in [1.29, 1.82) is 0 Å². The van der Waals surface area contributed by atoms with Gasteiger partial charge in [-0.1, -0.05) is 47.5 Å². The molecule has 0 radical (unpaired) electrons. The van der Waals surface area contributed by atoms with Crippen LogP contribution in [0.4, 0.5) is 0 Å². The molecule has 0 saturated heterocycles. The fourth-order valence-electron chi connectivity index (χ4n) is 1.95.